The monoisotopic (exact) mass is 908 g/mol. The van der Waals surface area contributed by atoms with Crippen LogP contribution in [0.1, 0.15) is 46.4 Å². The van der Waals surface area contributed by atoms with Crippen LogP contribution in [0, 0.1) is 0 Å². The smallest absolute Gasteiger partial charge is 0.454 e. The Hall–Kier alpha value is -2.44. The van der Waals surface area contributed by atoms with Crippen molar-refractivity contribution in [2.45, 2.75) is 46.7 Å². The lowest BCUT2D eigenvalue weighted by atomic mass is 10.2. The van der Waals surface area contributed by atoms with Gasteiger partial charge in [-0.2, -0.15) is 52.0 Å². The van der Waals surface area contributed by atoms with Crippen molar-refractivity contribution in [2.75, 3.05) is 23.0 Å². The standard InChI is InChI=1S/2C11H13OS.2C2H2F4O6S2/c2*12-11(13-8-4-5-9-13)10-6-2-1-3-7-10;2*3-1(4,5)2(6,13(7,8)9)14(10,11)12/h2*1-3,6-7H,4-5,8-9H2;2*(H,7,8,9)(H,10,11,12)/q2*+1;;/p-2. The summed E-state index contributed by atoms with van der Waals surface area (Å²) in [6, 6.07) is 19.4. The molecule has 2 fully saturated rings. The molecule has 2 N–H and O–H groups in total. The molecule has 2 aliphatic rings. The summed E-state index contributed by atoms with van der Waals surface area (Å²) in [6.07, 6.45) is -8.21. The summed E-state index contributed by atoms with van der Waals surface area (Å²) in [5, 5.41) is 0.746. The first-order valence-electron chi connectivity index (χ1n) is 14.2. The lowest BCUT2D eigenvalue weighted by Gasteiger charge is -2.26. The van der Waals surface area contributed by atoms with Crippen molar-refractivity contribution >= 4 is 72.5 Å². The van der Waals surface area contributed by atoms with E-state index in [1.807, 2.05) is 60.7 Å². The number of alkyl halides is 8. The van der Waals surface area contributed by atoms with Crippen LogP contribution in [0.5, 0.6) is 0 Å². The van der Waals surface area contributed by atoms with Crippen LogP contribution >= 0.6 is 0 Å². The van der Waals surface area contributed by atoms with Crippen LogP contribution in [0.25, 0.3) is 0 Å². The second-order valence-electron chi connectivity index (χ2n) is 10.4. The minimum atomic E-state index is -6.96. The Kier molecular flexibility index (Phi) is 17.1. The third-order valence-electron chi connectivity index (χ3n) is 6.59. The molecular weight excluding hydrogens is 881 g/mol. The van der Waals surface area contributed by atoms with Crippen LogP contribution in [-0.4, -0.2) is 106 Å². The highest BCUT2D eigenvalue weighted by atomic mass is 32.3. The molecule has 0 radical (unpaired) electrons. The van der Waals surface area contributed by atoms with Gasteiger partial charge in [-0.1, -0.05) is 36.4 Å². The molecule has 0 aromatic heterocycles. The summed E-state index contributed by atoms with van der Waals surface area (Å²) >= 11 is 0. The number of benzene rings is 2. The summed E-state index contributed by atoms with van der Waals surface area (Å²) in [6.45, 7) is 0. The SMILES string of the molecule is O=C(c1ccccc1)[S+]1CCCC1.O=C(c1ccccc1)[S+]1CCCC1.O=S(=O)([O-])C(F)(C(F)(F)F)S(=O)(=O)O.O=S(=O)([O-])C(F)(C(F)(F)F)S(=O)(=O)O. The molecule has 4 rings (SSSR count). The molecule has 54 heavy (non-hydrogen) atoms. The Morgan fingerprint density at radius 2 is 0.722 bits per heavy atom. The Balaban J connectivity index is 0.000000360. The first kappa shape index (κ1) is 49.6. The van der Waals surface area contributed by atoms with Gasteiger partial charge in [0.25, 0.3) is 0 Å². The molecule has 28 heteroatoms. The number of carbonyl (C=O) groups is 2. The van der Waals surface area contributed by atoms with Crippen LogP contribution in [0.15, 0.2) is 60.7 Å². The van der Waals surface area contributed by atoms with E-state index in [4.69, 9.17) is 9.11 Å². The zero-order valence-electron chi connectivity index (χ0n) is 26.7. The van der Waals surface area contributed by atoms with Crippen molar-refractivity contribution in [3.8, 4) is 0 Å². The number of carbonyl (C=O) groups excluding carboxylic acids is 2. The third-order valence-corrected chi connectivity index (χ3v) is 17.3. The molecular formula is C26H28F8O14S6. The van der Waals surface area contributed by atoms with Gasteiger partial charge < -0.3 is 9.11 Å². The molecule has 2 unspecified atom stereocenters. The number of hydrogen-bond donors (Lipinski definition) is 2. The van der Waals surface area contributed by atoms with Crippen LogP contribution < -0.4 is 0 Å². The van der Waals surface area contributed by atoms with Crippen molar-refractivity contribution in [3.05, 3.63) is 71.8 Å². The highest BCUT2D eigenvalue weighted by molar-refractivity contribution is 8.12. The van der Waals surface area contributed by atoms with Crippen LogP contribution in [0.2, 0.25) is 0 Å². The van der Waals surface area contributed by atoms with Gasteiger partial charge in [0.05, 0.1) is 32.9 Å². The number of rotatable bonds is 6. The van der Waals surface area contributed by atoms with E-state index in [0.29, 0.717) is 10.2 Å². The first-order valence-corrected chi connectivity index (χ1v) is 23.0. The molecule has 308 valence electrons. The van der Waals surface area contributed by atoms with Crippen molar-refractivity contribution in [3.63, 3.8) is 0 Å². The number of halogens is 8. The van der Waals surface area contributed by atoms with Crippen molar-refractivity contribution < 1.29 is 96.6 Å². The van der Waals surface area contributed by atoms with Crippen molar-refractivity contribution in [1.82, 2.24) is 0 Å². The van der Waals surface area contributed by atoms with Gasteiger partial charge >= 0.3 is 51.5 Å². The van der Waals surface area contributed by atoms with E-state index < -0.39 is 61.5 Å². The molecule has 2 aromatic carbocycles. The van der Waals surface area contributed by atoms with Crippen LogP contribution in [-0.2, 0) is 62.3 Å². The average molecular weight is 909 g/mol. The van der Waals surface area contributed by atoms with Gasteiger partial charge in [0.15, 0.2) is 20.2 Å². The maximum absolute atomic E-state index is 12.4. The molecule has 0 aliphatic carbocycles. The van der Waals surface area contributed by atoms with Crippen LogP contribution in [0.4, 0.5) is 35.1 Å². The Labute approximate surface area is 309 Å². The molecule has 2 saturated heterocycles. The molecule has 2 aliphatic heterocycles. The quantitative estimate of drug-likeness (QED) is 0.238. The first-order chi connectivity index (χ1) is 24.3. The predicted molar refractivity (Wildman–Crippen MR) is 176 cm³/mol. The normalized spacial score (nSPS) is 18.3. The van der Waals surface area contributed by atoms with Crippen molar-refractivity contribution in [2.24, 2.45) is 0 Å². The lowest BCUT2D eigenvalue weighted by molar-refractivity contribution is -0.174. The fraction of sp³-hybridized carbons (Fsp3) is 0.462. The minimum absolute atomic E-state index is 0.0381. The van der Waals surface area contributed by atoms with Gasteiger partial charge in [0.1, 0.15) is 23.0 Å². The minimum Gasteiger partial charge on any atom is -0.744 e. The molecule has 2 aromatic rings. The molecule has 2 atom stereocenters. The topological polar surface area (TPSA) is 257 Å². The number of hydrogen-bond acceptors (Lipinski definition) is 12. The summed E-state index contributed by atoms with van der Waals surface area (Å²) in [5.74, 6) is 4.48. The van der Waals surface area contributed by atoms with E-state index in [-0.39, 0.29) is 21.8 Å². The second-order valence-corrected chi connectivity index (χ2v) is 21.3. The third kappa shape index (κ3) is 12.3. The molecule has 2 heterocycles. The van der Waals surface area contributed by atoms with E-state index in [2.05, 4.69) is 0 Å². The van der Waals surface area contributed by atoms with Gasteiger partial charge in [0.2, 0.25) is 0 Å². The zero-order valence-corrected chi connectivity index (χ0v) is 31.6. The van der Waals surface area contributed by atoms with Gasteiger partial charge in [-0.25, -0.2) is 26.4 Å². The Morgan fingerprint density at radius 3 is 0.870 bits per heavy atom. The lowest BCUT2D eigenvalue weighted by Crippen LogP contribution is -2.53. The highest BCUT2D eigenvalue weighted by Gasteiger charge is 2.72. The predicted octanol–water partition coefficient (Wildman–Crippen LogP) is 3.69. The van der Waals surface area contributed by atoms with Gasteiger partial charge in [-0.15, -0.1) is 0 Å². The highest BCUT2D eigenvalue weighted by Crippen LogP contribution is 2.42. The Bertz CT molecular complexity index is 1810. The van der Waals surface area contributed by atoms with Gasteiger partial charge in [-0.3, -0.25) is 9.11 Å². The van der Waals surface area contributed by atoms with E-state index in [0.717, 1.165) is 34.1 Å². The molecule has 0 saturated carbocycles. The zero-order chi connectivity index (χ0) is 42.2. The van der Waals surface area contributed by atoms with Gasteiger partial charge in [0, 0.05) is 0 Å². The van der Waals surface area contributed by atoms with E-state index in [1.165, 1.54) is 25.7 Å². The van der Waals surface area contributed by atoms with Crippen LogP contribution in [0.3, 0.4) is 0 Å². The maximum Gasteiger partial charge on any atom is 0.454 e. The molecule has 0 amide bonds. The second kappa shape index (κ2) is 18.7. The van der Waals surface area contributed by atoms with Gasteiger partial charge in [-0.05, 0) is 49.9 Å². The summed E-state index contributed by atoms with van der Waals surface area (Å²) in [4.78, 5) is 23.7. The fourth-order valence-electron chi connectivity index (χ4n) is 4.00. The van der Waals surface area contributed by atoms with E-state index in [1.54, 1.807) is 0 Å². The molecule has 14 nitrogen and oxygen atoms in total. The summed E-state index contributed by atoms with van der Waals surface area (Å²) < 4.78 is 195. The summed E-state index contributed by atoms with van der Waals surface area (Å²) in [7, 11) is -27.4. The largest absolute Gasteiger partial charge is 0.744 e. The molecule has 0 spiro atoms. The average Bonchev–Trinajstić information content (AvgIpc) is 3.78. The summed E-state index contributed by atoms with van der Waals surface area (Å²) in [5.41, 5.74) is 1.79. The fourth-order valence-corrected chi connectivity index (χ4v) is 11.5. The van der Waals surface area contributed by atoms with E-state index >= 15 is 0 Å². The van der Waals surface area contributed by atoms with E-state index in [9.17, 15) is 87.5 Å². The molecule has 0 bridgehead atoms. The maximum atomic E-state index is 12.4. The Morgan fingerprint density at radius 1 is 0.500 bits per heavy atom. The van der Waals surface area contributed by atoms with Crippen molar-refractivity contribution in [1.29, 1.82) is 0 Å².